The van der Waals surface area contributed by atoms with Crippen LogP contribution in [0.15, 0.2) is 0 Å². The summed E-state index contributed by atoms with van der Waals surface area (Å²) in [6, 6.07) is 0. The maximum absolute atomic E-state index is 6.55. The molecule has 0 aromatic rings. The van der Waals surface area contributed by atoms with E-state index >= 15 is 0 Å². The number of hydrogen-bond donors (Lipinski definition) is 2. The van der Waals surface area contributed by atoms with Crippen LogP contribution in [0.2, 0.25) is 0 Å². The van der Waals surface area contributed by atoms with Gasteiger partial charge in [0.1, 0.15) is 0 Å². The molecule has 4 nitrogen and oxygen atoms in total. The highest BCUT2D eigenvalue weighted by Gasteiger charge is 2.58. The van der Waals surface area contributed by atoms with Crippen LogP contribution in [0.25, 0.3) is 0 Å². The van der Waals surface area contributed by atoms with Crippen molar-refractivity contribution < 1.29 is 9.47 Å². The summed E-state index contributed by atoms with van der Waals surface area (Å²) in [5, 5.41) is 3.52. The van der Waals surface area contributed by atoms with Crippen LogP contribution < -0.4 is 11.1 Å². The Morgan fingerprint density at radius 1 is 1.32 bits per heavy atom. The van der Waals surface area contributed by atoms with Gasteiger partial charge in [0.05, 0.1) is 11.7 Å². The summed E-state index contributed by atoms with van der Waals surface area (Å²) in [5.41, 5.74) is 6.42. The molecular formula is C15H30N2O2. The average Bonchev–Trinajstić information content (AvgIpc) is 2.76. The van der Waals surface area contributed by atoms with Crippen LogP contribution in [-0.2, 0) is 9.47 Å². The Bertz CT molecular complexity index is 313. The monoisotopic (exact) mass is 270 g/mol. The standard InChI is InChI=1S/C15H30N2O2/c1-5-18-12-9-15(16,13(12,2)3)11-17-10-14(4)7-6-8-19-14/h12,17H,5-11,16H2,1-4H3. The molecule has 1 saturated heterocycles. The lowest BCUT2D eigenvalue weighted by molar-refractivity contribution is -0.148. The van der Waals surface area contributed by atoms with Crippen molar-refractivity contribution in [2.75, 3.05) is 26.3 Å². The second kappa shape index (κ2) is 5.32. The predicted molar refractivity (Wildman–Crippen MR) is 77.2 cm³/mol. The zero-order valence-electron chi connectivity index (χ0n) is 12.9. The van der Waals surface area contributed by atoms with Gasteiger partial charge in [-0.3, -0.25) is 0 Å². The number of rotatable bonds is 6. The van der Waals surface area contributed by atoms with Crippen molar-refractivity contribution in [3.05, 3.63) is 0 Å². The van der Waals surface area contributed by atoms with Gasteiger partial charge in [0.15, 0.2) is 0 Å². The van der Waals surface area contributed by atoms with Crippen molar-refractivity contribution in [3.8, 4) is 0 Å². The molecule has 2 rings (SSSR count). The molecule has 112 valence electrons. The Labute approximate surface area is 117 Å². The molecule has 4 heteroatoms. The lowest BCUT2D eigenvalue weighted by Gasteiger charge is -2.59. The summed E-state index contributed by atoms with van der Waals surface area (Å²) < 4.78 is 11.5. The highest BCUT2D eigenvalue weighted by atomic mass is 16.5. The third-order valence-corrected chi connectivity index (χ3v) is 5.25. The molecule has 2 fully saturated rings. The highest BCUT2D eigenvalue weighted by Crippen LogP contribution is 2.49. The predicted octanol–water partition coefficient (Wildman–Crippen LogP) is 1.68. The van der Waals surface area contributed by atoms with Crippen molar-refractivity contribution in [1.82, 2.24) is 5.32 Å². The fraction of sp³-hybridized carbons (Fsp3) is 1.00. The Kier molecular flexibility index (Phi) is 4.26. The van der Waals surface area contributed by atoms with Gasteiger partial charge in [-0.25, -0.2) is 0 Å². The number of ether oxygens (including phenoxy) is 2. The third kappa shape index (κ3) is 2.82. The van der Waals surface area contributed by atoms with E-state index in [9.17, 15) is 0 Å². The maximum atomic E-state index is 6.55. The first-order chi connectivity index (χ1) is 8.83. The Balaban J connectivity index is 1.80. The van der Waals surface area contributed by atoms with Gasteiger partial charge in [-0.1, -0.05) is 13.8 Å². The first-order valence-electron chi connectivity index (χ1n) is 7.58. The van der Waals surface area contributed by atoms with Gasteiger partial charge in [-0.15, -0.1) is 0 Å². The quantitative estimate of drug-likeness (QED) is 0.771. The highest BCUT2D eigenvalue weighted by molar-refractivity contribution is 5.14. The molecule has 1 heterocycles. The maximum Gasteiger partial charge on any atom is 0.0779 e. The summed E-state index contributed by atoms with van der Waals surface area (Å²) >= 11 is 0. The van der Waals surface area contributed by atoms with E-state index in [1.54, 1.807) is 0 Å². The number of nitrogens with two attached hydrogens (primary N) is 1. The van der Waals surface area contributed by atoms with Gasteiger partial charge in [0.25, 0.3) is 0 Å². The second-order valence-electron chi connectivity index (χ2n) is 7.03. The van der Waals surface area contributed by atoms with E-state index in [2.05, 4.69) is 26.1 Å². The molecule has 0 aromatic carbocycles. The smallest absolute Gasteiger partial charge is 0.0779 e. The Morgan fingerprint density at radius 3 is 2.58 bits per heavy atom. The van der Waals surface area contributed by atoms with Gasteiger partial charge < -0.3 is 20.5 Å². The summed E-state index contributed by atoms with van der Waals surface area (Å²) in [4.78, 5) is 0. The van der Waals surface area contributed by atoms with E-state index in [1.165, 1.54) is 6.42 Å². The van der Waals surface area contributed by atoms with Crippen LogP contribution in [0.3, 0.4) is 0 Å². The van der Waals surface area contributed by atoms with Crippen molar-refractivity contribution in [2.24, 2.45) is 11.1 Å². The molecule has 3 atom stereocenters. The molecule has 1 aliphatic heterocycles. The fourth-order valence-corrected chi connectivity index (χ4v) is 3.33. The molecule has 19 heavy (non-hydrogen) atoms. The molecule has 0 aromatic heterocycles. The van der Waals surface area contributed by atoms with Gasteiger partial charge >= 0.3 is 0 Å². The van der Waals surface area contributed by atoms with E-state index in [-0.39, 0.29) is 16.6 Å². The first kappa shape index (κ1) is 15.2. The lowest BCUT2D eigenvalue weighted by atomic mass is 9.54. The first-order valence-corrected chi connectivity index (χ1v) is 7.58. The Morgan fingerprint density at radius 2 is 2.05 bits per heavy atom. The largest absolute Gasteiger partial charge is 0.378 e. The molecule has 1 aliphatic carbocycles. The van der Waals surface area contributed by atoms with Crippen LogP contribution >= 0.6 is 0 Å². The van der Waals surface area contributed by atoms with Gasteiger partial charge in [0, 0.05) is 37.3 Å². The molecule has 1 saturated carbocycles. The van der Waals surface area contributed by atoms with E-state index in [1.807, 2.05) is 6.92 Å². The van der Waals surface area contributed by atoms with E-state index in [0.29, 0.717) is 6.10 Å². The van der Waals surface area contributed by atoms with Gasteiger partial charge in [0.2, 0.25) is 0 Å². The SMILES string of the molecule is CCOC1CC(N)(CNCC2(C)CCCO2)C1(C)C. The van der Waals surface area contributed by atoms with Crippen LogP contribution in [0.4, 0.5) is 0 Å². The minimum absolute atomic E-state index is 0.00354. The lowest BCUT2D eigenvalue weighted by Crippen LogP contribution is -2.73. The van der Waals surface area contributed by atoms with Crippen molar-refractivity contribution >= 4 is 0 Å². The molecule has 2 aliphatic rings. The van der Waals surface area contributed by atoms with E-state index in [4.69, 9.17) is 15.2 Å². The van der Waals surface area contributed by atoms with Gasteiger partial charge in [-0.2, -0.15) is 0 Å². The van der Waals surface area contributed by atoms with E-state index < -0.39 is 0 Å². The van der Waals surface area contributed by atoms with Crippen LogP contribution in [0, 0.1) is 5.41 Å². The summed E-state index contributed by atoms with van der Waals surface area (Å²) in [5.74, 6) is 0. The van der Waals surface area contributed by atoms with Crippen LogP contribution in [0.5, 0.6) is 0 Å². The molecule has 0 radical (unpaired) electrons. The van der Waals surface area contributed by atoms with Crippen LogP contribution in [0.1, 0.15) is 47.0 Å². The number of hydrogen-bond acceptors (Lipinski definition) is 4. The van der Waals surface area contributed by atoms with Crippen LogP contribution in [-0.4, -0.2) is 43.5 Å². The normalized spacial score (nSPS) is 41.2. The second-order valence-corrected chi connectivity index (χ2v) is 7.03. The molecule has 3 N–H and O–H groups in total. The van der Waals surface area contributed by atoms with Crippen molar-refractivity contribution in [2.45, 2.75) is 64.2 Å². The zero-order chi connectivity index (χ0) is 14.1. The topological polar surface area (TPSA) is 56.5 Å². The third-order valence-electron chi connectivity index (χ3n) is 5.25. The molecule has 0 bridgehead atoms. The molecule has 3 unspecified atom stereocenters. The molecule has 0 amide bonds. The summed E-state index contributed by atoms with van der Waals surface area (Å²) in [7, 11) is 0. The molecular weight excluding hydrogens is 240 g/mol. The Hall–Kier alpha value is -0.160. The molecule has 0 spiro atoms. The minimum atomic E-state index is -0.165. The summed E-state index contributed by atoms with van der Waals surface area (Å²) in [6.07, 6.45) is 3.55. The fourth-order valence-electron chi connectivity index (χ4n) is 3.33. The zero-order valence-corrected chi connectivity index (χ0v) is 12.9. The van der Waals surface area contributed by atoms with Gasteiger partial charge in [-0.05, 0) is 33.1 Å². The van der Waals surface area contributed by atoms with Crippen molar-refractivity contribution in [3.63, 3.8) is 0 Å². The number of nitrogens with one attached hydrogen (secondary N) is 1. The minimum Gasteiger partial charge on any atom is -0.378 e. The summed E-state index contributed by atoms with van der Waals surface area (Å²) in [6.45, 7) is 12.0. The van der Waals surface area contributed by atoms with Crippen molar-refractivity contribution in [1.29, 1.82) is 0 Å². The average molecular weight is 270 g/mol. The van der Waals surface area contributed by atoms with E-state index in [0.717, 1.165) is 39.1 Å².